The second-order valence-electron chi connectivity index (χ2n) is 6.37. The molecule has 1 amide bonds. The average Bonchev–Trinajstić information content (AvgIpc) is 2.75. The van der Waals surface area contributed by atoms with E-state index in [0.29, 0.717) is 11.5 Å². The summed E-state index contributed by atoms with van der Waals surface area (Å²) in [5.41, 5.74) is 4.00. The fourth-order valence-corrected chi connectivity index (χ4v) is 2.95. The van der Waals surface area contributed by atoms with E-state index < -0.39 is 11.9 Å². The van der Waals surface area contributed by atoms with Crippen molar-refractivity contribution in [3.05, 3.63) is 77.2 Å². The van der Waals surface area contributed by atoms with Gasteiger partial charge in [0.1, 0.15) is 17.8 Å². The van der Waals surface area contributed by atoms with Crippen molar-refractivity contribution >= 4 is 29.1 Å². The zero-order valence-corrected chi connectivity index (χ0v) is 16.5. The molecule has 0 aliphatic heterocycles. The number of nitrogens with zero attached hydrogens (tertiary/aromatic N) is 2. The Morgan fingerprint density at radius 1 is 1.07 bits per heavy atom. The van der Waals surface area contributed by atoms with E-state index in [1.54, 1.807) is 30.3 Å². The molecule has 0 fully saturated rings. The van der Waals surface area contributed by atoms with Crippen LogP contribution in [0, 0.1) is 6.92 Å². The molecule has 2 aromatic carbocycles. The van der Waals surface area contributed by atoms with Gasteiger partial charge in [-0.3, -0.25) is 4.79 Å². The number of carbonyl (C=O) groups excluding carboxylic acids is 2. The van der Waals surface area contributed by atoms with Crippen molar-refractivity contribution in [1.82, 2.24) is 9.97 Å². The number of para-hydroxylation sites is 2. The third kappa shape index (κ3) is 4.57. The zero-order valence-electron chi connectivity index (χ0n) is 16.5. The number of esters is 1. The van der Waals surface area contributed by atoms with Crippen molar-refractivity contribution in [3.63, 3.8) is 0 Å². The lowest BCUT2D eigenvalue weighted by Gasteiger charge is -2.14. The normalized spacial score (nSPS) is 10.3. The molecular formula is C22H22N4O3. The number of hydrogen-bond donors (Lipinski definition) is 2. The first-order chi connectivity index (χ1) is 14.0. The quantitative estimate of drug-likeness (QED) is 0.615. The van der Waals surface area contributed by atoms with E-state index in [-0.39, 0.29) is 11.3 Å². The third-order valence-electron chi connectivity index (χ3n) is 4.47. The Morgan fingerprint density at radius 3 is 2.62 bits per heavy atom. The summed E-state index contributed by atoms with van der Waals surface area (Å²) in [5.74, 6) is -0.472. The molecule has 0 saturated carbocycles. The zero-order chi connectivity index (χ0) is 20.8. The largest absolute Gasteiger partial charge is 0.465 e. The van der Waals surface area contributed by atoms with E-state index in [2.05, 4.69) is 27.5 Å². The first kappa shape index (κ1) is 20.0. The summed E-state index contributed by atoms with van der Waals surface area (Å²) in [7, 11) is 1.29. The molecule has 0 spiro atoms. The van der Waals surface area contributed by atoms with Gasteiger partial charge in [-0.1, -0.05) is 37.3 Å². The highest BCUT2D eigenvalue weighted by atomic mass is 16.5. The molecule has 2 N–H and O–H groups in total. The highest BCUT2D eigenvalue weighted by molar-refractivity contribution is 6.07. The van der Waals surface area contributed by atoms with Crippen LogP contribution in [0.2, 0.25) is 0 Å². The van der Waals surface area contributed by atoms with E-state index in [1.807, 2.05) is 25.1 Å². The van der Waals surface area contributed by atoms with Gasteiger partial charge >= 0.3 is 5.97 Å². The lowest BCUT2D eigenvalue weighted by Crippen LogP contribution is -2.17. The van der Waals surface area contributed by atoms with Crippen molar-refractivity contribution in [2.24, 2.45) is 0 Å². The smallest absolute Gasteiger partial charge is 0.339 e. The van der Waals surface area contributed by atoms with Gasteiger partial charge in [0.2, 0.25) is 0 Å². The Kier molecular flexibility index (Phi) is 6.19. The summed E-state index contributed by atoms with van der Waals surface area (Å²) >= 11 is 0. The average molecular weight is 390 g/mol. The molecule has 0 unspecified atom stereocenters. The number of carbonyl (C=O) groups is 2. The molecule has 0 aliphatic rings. The molecule has 148 valence electrons. The Labute approximate surface area is 169 Å². The molecule has 7 nitrogen and oxygen atoms in total. The van der Waals surface area contributed by atoms with Crippen LogP contribution in [0.5, 0.6) is 0 Å². The second-order valence-corrected chi connectivity index (χ2v) is 6.37. The minimum Gasteiger partial charge on any atom is -0.465 e. The number of rotatable bonds is 6. The molecule has 0 bridgehead atoms. The first-order valence-corrected chi connectivity index (χ1v) is 9.19. The van der Waals surface area contributed by atoms with Crippen LogP contribution in [0.3, 0.4) is 0 Å². The summed E-state index contributed by atoms with van der Waals surface area (Å²) in [6.07, 6.45) is 2.19. The molecule has 1 aromatic heterocycles. The van der Waals surface area contributed by atoms with Crippen LogP contribution in [0.4, 0.5) is 17.2 Å². The number of nitrogens with one attached hydrogen (secondary N) is 2. The Bertz CT molecular complexity index is 1050. The third-order valence-corrected chi connectivity index (χ3v) is 4.47. The number of anilines is 3. The first-order valence-electron chi connectivity index (χ1n) is 9.19. The lowest BCUT2D eigenvalue weighted by molar-refractivity contribution is 0.0602. The Balaban J connectivity index is 1.84. The molecule has 29 heavy (non-hydrogen) atoms. The Morgan fingerprint density at radius 2 is 1.86 bits per heavy atom. The number of aromatic nitrogens is 2. The highest BCUT2D eigenvalue weighted by Crippen LogP contribution is 2.25. The monoisotopic (exact) mass is 390 g/mol. The molecule has 3 rings (SSSR count). The van der Waals surface area contributed by atoms with E-state index in [9.17, 15) is 9.59 Å². The van der Waals surface area contributed by atoms with Gasteiger partial charge in [0.05, 0.1) is 18.4 Å². The van der Waals surface area contributed by atoms with Crippen LogP contribution < -0.4 is 10.6 Å². The van der Waals surface area contributed by atoms with Gasteiger partial charge < -0.3 is 15.4 Å². The van der Waals surface area contributed by atoms with E-state index in [1.165, 1.54) is 13.4 Å². The second kappa shape index (κ2) is 8.97. The molecule has 1 heterocycles. The maximum absolute atomic E-state index is 12.7. The van der Waals surface area contributed by atoms with Gasteiger partial charge in [0.15, 0.2) is 0 Å². The molecule has 7 heteroatoms. The molecule has 3 aromatic rings. The van der Waals surface area contributed by atoms with Crippen molar-refractivity contribution in [3.8, 4) is 0 Å². The number of benzene rings is 2. The predicted octanol–water partition coefficient (Wildman–Crippen LogP) is 4.13. The maximum atomic E-state index is 12.7. The fourth-order valence-electron chi connectivity index (χ4n) is 2.95. The van der Waals surface area contributed by atoms with Gasteiger partial charge in [0, 0.05) is 11.8 Å². The lowest BCUT2D eigenvalue weighted by atomic mass is 10.1. The number of hydrogen-bond acceptors (Lipinski definition) is 6. The van der Waals surface area contributed by atoms with Crippen LogP contribution in [0.1, 0.15) is 38.9 Å². The van der Waals surface area contributed by atoms with Gasteiger partial charge in [-0.05, 0) is 36.6 Å². The van der Waals surface area contributed by atoms with Gasteiger partial charge in [0.25, 0.3) is 5.91 Å². The number of amides is 1. The Hall–Kier alpha value is -3.74. The maximum Gasteiger partial charge on any atom is 0.339 e. The summed E-state index contributed by atoms with van der Waals surface area (Å²) < 4.78 is 4.76. The van der Waals surface area contributed by atoms with Gasteiger partial charge in [-0.25, -0.2) is 14.8 Å². The van der Waals surface area contributed by atoms with Crippen LogP contribution in [-0.2, 0) is 11.2 Å². The van der Waals surface area contributed by atoms with Crippen LogP contribution in [-0.4, -0.2) is 29.0 Å². The number of ether oxygens (including phenoxy) is 1. The predicted molar refractivity (Wildman–Crippen MR) is 112 cm³/mol. The number of methoxy groups -OCH3 is 1. The van der Waals surface area contributed by atoms with Crippen molar-refractivity contribution in [1.29, 1.82) is 0 Å². The summed E-state index contributed by atoms with van der Waals surface area (Å²) in [6.45, 7) is 4.09. The van der Waals surface area contributed by atoms with Crippen LogP contribution in [0.15, 0.2) is 54.9 Å². The molecular weight excluding hydrogens is 368 g/mol. The van der Waals surface area contributed by atoms with Gasteiger partial charge in [-0.15, -0.1) is 0 Å². The van der Waals surface area contributed by atoms with E-state index in [0.717, 1.165) is 23.2 Å². The molecule has 0 atom stereocenters. The molecule has 0 saturated heterocycles. The molecule has 0 aliphatic carbocycles. The van der Waals surface area contributed by atoms with E-state index >= 15 is 0 Å². The highest BCUT2D eigenvalue weighted by Gasteiger charge is 2.16. The fraction of sp³-hybridized carbons (Fsp3) is 0.182. The van der Waals surface area contributed by atoms with Crippen LogP contribution in [0.25, 0.3) is 0 Å². The minimum absolute atomic E-state index is 0.175. The van der Waals surface area contributed by atoms with Crippen molar-refractivity contribution in [2.75, 3.05) is 17.7 Å². The van der Waals surface area contributed by atoms with Crippen molar-refractivity contribution in [2.45, 2.75) is 20.3 Å². The summed E-state index contributed by atoms with van der Waals surface area (Å²) in [6, 6.07) is 14.3. The minimum atomic E-state index is -0.530. The summed E-state index contributed by atoms with van der Waals surface area (Å²) in [4.78, 5) is 32.9. The molecule has 0 radical (unpaired) electrons. The number of aryl methyl sites for hydroxylation is 2. The standard InChI is InChI=1S/C22H22N4O3/c1-4-15-9-7-8-14(2)20(15)26-19-12-18(23-13-24-19)21(27)25-17-11-6-5-10-16(17)22(28)29-3/h5-13H,4H2,1-3H3,(H,25,27)(H,23,24,26). The van der Waals surface area contributed by atoms with E-state index in [4.69, 9.17) is 4.74 Å². The van der Waals surface area contributed by atoms with Crippen molar-refractivity contribution < 1.29 is 14.3 Å². The summed E-state index contributed by atoms with van der Waals surface area (Å²) in [5, 5.41) is 5.99. The van der Waals surface area contributed by atoms with Crippen LogP contribution >= 0.6 is 0 Å². The topological polar surface area (TPSA) is 93.2 Å². The SMILES string of the molecule is CCc1cccc(C)c1Nc1cc(C(=O)Nc2ccccc2C(=O)OC)ncn1. The van der Waals surface area contributed by atoms with Gasteiger partial charge in [-0.2, -0.15) is 0 Å².